The van der Waals surface area contributed by atoms with Crippen LogP contribution in [-0.2, 0) is 16.4 Å². The third-order valence-corrected chi connectivity index (χ3v) is 4.92. The molecule has 6 N–H and O–H groups in total. The summed E-state index contributed by atoms with van der Waals surface area (Å²) >= 11 is 0. The minimum absolute atomic E-state index is 0.0976. The molecule has 0 fully saturated rings. The lowest BCUT2D eigenvalue weighted by atomic mass is 10.1. The fourth-order valence-corrected chi connectivity index (χ4v) is 3.00. The third-order valence-electron chi connectivity index (χ3n) is 3.81. The quantitative estimate of drug-likeness (QED) is 0.196. The molecule has 0 bridgehead atoms. The van der Waals surface area contributed by atoms with Crippen molar-refractivity contribution in [1.82, 2.24) is 14.8 Å². The Kier molecular flexibility index (Phi) is 7.47. The van der Waals surface area contributed by atoms with Gasteiger partial charge in [-0.25, -0.2) is 18.1 Å². The van der Waals surface area contributed by atoms with Crippen LogP contribution in [0.3, 0.4) is 0 Å². The fraction of sp³-hybridized carbons (Fsp3) is 0.111. The molecule has 0 saturated carbocycles. The van der Waals surface area contributed by atoms with E-state index in [9.17, 15) is 8.42 Å². The molecule has 1 aromatic heterocycles. The predicted molar refractivity (Wildman–Crippen MR) is 110 cm³/mol. The highest BCUT2D eigenvalue weighted by Gasteiger charge is 2.08. The van der Waals surface area contributed by atoms with Crippen molar-refractivity contribution in [3.8, 4) is 0 Å². The molecule has 0 saturated heterocycles. The number of sulfone groups is 1. The minimum Gasteiger partial charge on any atom is -0.409 e. The zero-order valence-electron chi connectivity index (χ0n) is 16.0. The van der Waals surface area contributed by atoms with Gasteiger partial charge in [-0.05, 0) is 23.8 Å². The van der Waals surface area contributed by atoms with Gasteiger partial charge < -0.3 is 21.9 Å². The summed E-state index contributed by atoms with van der Waals surface area (Å²) in [7, 11) is -3.26. The number of nitrogens with zero attached hydrogens (tertiary/aromatic N) is 5. The van der Waals surface area contributed by atoms with E-state index in [1.165, 1.54) is 24.5 Å². The van der Waals surface area contributed by atoms with Crippen molar-refractivity contribution in [3.05, 3.63) is 77.9 Å². The first-order chi connectivity index (χ1) is 14.2. The van der Waals surface area contributed by atoms with Crippen molar-refractivity contribution in [1.29, 1.82) is 0 Å². The number of nitrogens with two attached hydrogens (primary N) is 2. The van der Waals surface area contributed by atoms with Crippen LogP contribution < -0.4 is 11.5 Å². The maximum Gasteiger partial charge on any atom is 0.175 e. The molecular weight excluding hydrogens is 410 g/mol. The van der Waals surface area contributed by atoms with Gasteiger partial charge in [0.2, 0.25) is 0 Å². The summed E-state index contributed by atoms with van der Waals surface area (Å²) in [6.45, 7) is 0.604. The number of oxime groups is 2. The van der Waals surface area contributed by atoms with Gasteiger partial charge in [-0.2, -0.15) is 5.10 Å². The molecule has 158 valence electrons. The first-order valence-corrected chi connectivity index (χ1v) is 10.3. The van der Waals surface area contributed by atoms with Crippen molar-refractivity contribution in [2.45, 2.75) is 11.4 Å². The van der Waals surface area contributed by atoms with Crippen LogP contribution in [0.25, 0.3) is 0 Å². The van der Waals surface area contributed by atoms with E-state index in [-0.39, 0.29) is 16.6 Å². The molecule has 30 heavy (non-hydrogen) atoms. The van der Waals surface area contributed by atoms with Crippen LogP contribution in [0.15, 0.2) is 76.4 Å². The van der Waals surface area contributed by atoms with Crippen LogP contribution in [-0.4, -0.2) is 51.5 Å². The van der Waals surface area contributed by atoms with Crippen LogP contribution in [0.5, 0.6) is 0 Å². The molecule has 0 unspecified atom stereocenters. The summed E-state index contributed by atoms with van der Waals surface area (Å²) in [5.41, 5.74) is 12.9. The van der Waals surface area contributed by atoms with E-state index in [4.69, 9.17) is 21.9 Å². The van der Waals surface area contributed by atoms with Gasteiger partial charge in [-0.1, -0.05) is 40.6 Å². The Morgan fingerprint density at radius 3 is 2.17 bits per heavy atom. The van der Waals surface area contributed by atoms with Gasteiger partial charge in [0.05, 0.1) is 11.4 Å². The van der Waals surface area contributed by atoms with Gasteiger partial charge in [-0.3, -0.25) is 0 Å². The monoisotopic (exact) mass is 431 g/mol. The highest BCUT2D eigenvalue weighted by Crippen LogP contribution is 2.11. The molecule has 3 aromatic rings. The molecular formula is C18H21N7O4S. The van der Waals surface area contributed by atoms with Gasteiger partial charge >= 0.3 is 0 Å². The average molecular weight is 431 g/mol. The summed E-state index contributed by atoms with van der Waals surface area (Å²) in [5, 5.41) is 26.7. The molecule has 0 spiro atoms. The molecule has 11 nitrogen and oxygen atoms in total. The van der Waals surface area contributed by atoms with Gasteiger partial charge in [0.25, 0.3) is 0 Å². The number of rotatable bonds is 5. The van der Waals surface area contributed by atoms with E-state index < -0.39 is 9.84 Å². The van der Waals surface area contributed by atoms with Crippen LogP contribution in [0, 0.1) is 0 Å². The first kappa shape index (κ1) is 22.4. The number of benzene rings is 2. The van der Waals surface area contributed by atoms with Gasteiger partial charge in [0, 0.05) is 17.4 Å². The van der Waals surface area contributed by atoms with Crippen LogP contribution in [0.1, 0.15) is 16.7 Å². The van der Waals surface area contributed by atoms with E-state index in [0.29, 0.717) is 17.7 Å². The zero-order valence-corrected chi connectivity index (χ0v) is 16.8. The Bertz CT molecular complexity index is 1140. The summed E-state index contributed by atoms with van der Waals surface area (Å²) < 4.78 is 24.0. The summed E-state index contributed by atoms with van der Waals surface area (Å²) in [5.74, 6) is -0.0176. The Balaban J connectivity index is 0.000000216. The first-order valence-electron chi connectivity index (χ1n) is 8.42. The second kappa shape index (κ2) is 10.0. The Morgan fingerprint density at radius 1 is 1.03 bits per heavy atom. The topological polar surface area (TPSA) is 182 Å². The maximum atomic E-state index is 11.2. The minimum atomic E-state index is -3.26. The van der Waals surface area contributed by atoms with Gasteiger partial charge in [0.15, 0.2) is 21.5 Å². The second-order valence-corrected chi connectivity index (χ2v) is 8.08. The number of hydrogen-bond donors (Lipinski definition) is 4. The SMILES string of the molecule is CS(=O)(=O)c1cccc(C(N)=NO)c1.NC(=NO)c1cccc(Cn2cncn2)c1. The lowest BCUT2D eigenvalue weighted by Gasteiger charge is -2.03. The van der Waals surface area contributed by atoms with Crippen LogP contribution >= 0.6 is 0 Å². The average Bonchev–Trinajstić information content (AvgIpc) is 3.25. The lowest BCUT2D eigenvalue weighted by Crippen LogP contribution is -2.13. The highest BCUT2D eigenvalue weighted by molar-refractivity contribution is 7.90. The summed E-state index contributed by atoms with van der Waals surface area (Å²) in [6, 6.07) is 13.3. The molecule has 0 atom stereocenters. The maximum absolute atomic E-state index is 11.2. The fourth-order valence-electron chi connectivity index (χ4n) is 2.33. The van der Waals surface area contributed by atoms with Crippen LogP contribution in [0.2, 0.25) is 0 Å². The van der Waals surface area contributed by atoms with E-state index >= 15 is 0 Å². The second-order valence-electron chi connectivity index (χ2n) is 6.06. The molecule has 3 rings (SSSR count). The Hall–Kier alpha value is -3.93. The van der Waals surface area contributed by atoms with Crippen molar-refractivity contribution in [3.63, 3.8) is 0 Å². The molecule has 12 heteroatoms. The number of aromatic nitrogens is 3. The smallest absolute Gasteiger partial charge is 0.175 e. The number of amidine groups is 2. The Morgan fingerprint density at radius 2 is 1.63 bits per heavy atom. The van der Waals surface area contributed by atoms with Crippen molar-refractivity contribution < 1.29 is 18.8 Å². The van der Waals surface area contributed by atoms with E-state index in [1.807, 2.05) is 18.2 Å². The third kappa shape index (κ3) is 6.31. The van der Waals surface area contributed by atoms with Gasteiger partial charge in [0.1, 0.15) is 12.7 Å². The van der Waals surface area contributed by atoms with Crippen molar-refractivity contribution >= 4 is 21.5 Å². The van der Waals surface area contributed by atoms with Crippen molar-refractivity contribution in [2.75, 3.05) is 6.26 Å². The summed E-state index contributed by atoms with van der Waals surface area (Å²) in [6.07, 6.45) is 4.21. The molecule has 0 aliphatic heterocycles. The highest BCUT2D eigenvalue weighted by atomic mass is 32.2. The molecule has 0 radical (unpaired) electrons. The predicted octanol–water partition coefficient (Wildman–Crippen LogP) is 0.606. The van der Waals surface area contributed by atoms with Crippen LogP contribution in [0.4, 0.5) is 0 Å². The zero-order chi connectivity index (χ0) is 22.1. The Labute approximate surface area is 172 Å². The molecule has 0 aliphatic carbocycles. The van der Waals surface area contributed by atoms with E-state index in [1.54, 1.807) is 23.1 Å². The molecule has 0 amide bonds. The largest absolute Gasteiger partial charge is 0.409 e. The van der Waals surface area contributed by atoms with Crippen molar-refractivity contribution in [2.24, 2.45) is 21.8 Å². The van der Waals surface area contributed by atoms with E-state index in [0.717, 1.165) is 11.8 Å². The molecule has 1 heterocycles. The van der Waals surface area contributed by atoms with Gasteiger partial charge in [-0.15, -0.1) is 0 Å². The van der Waals surface area contributed by atoms with E-state index in [2.05, 4.69) is 20.4 Å². The number of hydrogen-bond acceptors (Lipinski definition) is 8. The molecule has 2 aromatic carbocycles. The summed E-state index contributed by atoms with van der Waals surface area (Å²) in [4.78, 5) is 4.00. The standard InChI is InChI=1S/C10H11N5O.C8H10N2O3S/c11-10(14-16)9-3-1-2-8(4-9)5-15-7-12-6-13-15;1-14(12,13)7-4-2-3-6(5-7)8(9)10-11/h1-4,6-7,16H,5H2,(H2,11,14);2-5,11H,1H3,(H2,9,10). The lowest BCUT2D eigenvalue weighted by molar-refractivity contribution is 0.318. The molecule has 0 aliphatic rings. The normalized spacial score (nSPS) is 12.2.